The fourth-order valence-corrected chi connectivity index (χ4v) is 2.19. The molecule has 0 bridgehead atoms. The topological polar surface area (TPSA) is 51.1 Å². The average molecular weight is 240 g/mol. The maximum Gasteiger partial charge on any atom is 0.456 e. The Hall–Kier alpha value is -0.0300. The Kier molecular flexibility index (Phi) is 6.44. The third kappa shape index (κ3) is 5.00. The van der Waals surface area contributed by atoms with Crippen molar-refractivity contribution in [3.8, 4) is 0 Å². The van der Waals surface area contributed by atoms with Crippen molar-refractivity contribution in [2.45, 2.75) is 13.8 Å². The molecule has 0 N–H and O–H groups in total. The van der Waals surface area contributed by atoms with E-state index in [-0.39, 0.29) is 13.2 Å². The van der Waals surface area contributed by atoms with Crippen LogP contribution in [0.5, 0.6) is 0 Å². The molecule has 0 aromatic heterocycles. The highest BCUT2D eigenvalue weighted by Gasteiger charge is 2.23. The van der Waals surface area contributed by atoms with Crippen LogP contribution in [0.15, 0.2) is 4.76 Å². The Balaban J connectivity index is 4.66. The summed E-state index contributed by atoms with van der Waals surface area (Å²) in [4.78, 5) is 1.62. The molecular formula is C7H17N2O3PS. The molecule has 0 spiro atoms. The van der Waals surface area contributed by atoms with Gasteiger partial charge in [0.25, 0.3) is 0 Å². The largest absolute Gasteiger partial charge is 0.456 e. The van der Waals surface area contributed by atoms with E-state index in [0.717, 1.165) is 0 Å². The maximum absolute atomic E-state index is 11.8. The van der Waals surface area contributed by atoms with Gasteiger partial charge in [-0.1, -0.05) is 0 Å². The highest BCUT2D eigenvalue weighted by molar-refractivity contribution is 7.97. The van der Waals surface area contributed by atoms with Gasteiger partial charge in [-0.25, -0.2) is 4.57 Å². The predicted molar refractivity (Wildman–Crippen MR) is 61.0 cm³/mol. The molecule has 0 aromatic carbocycles. The predicted octanol–water partition coefficient (Wildman–Crippen LogP) is 2.01. The quantitative estimate of drug-likeness (QED) is 0.346. The summed E-state index contributed by atoms with van der Waals surface area (Å²) < 4.78 is 25.5. The Labute approximate surface area is 90.5 Å². The van der Waals surface area contributed by atoms with Gasteiger partial charge in [-0.3, -0.25) is 9.05 Å². The van der Waals surface area contributed by atoms with Crippen molar-refractivity contribution >= 4 is 25.5 Å². The second-order valence-corrected chi connectivity index (χ2v) is 4.65. The highest BCUT2D eigenvalue weighted by atomic mass is 32.1. The van der Waals surface area contributed by atoms with E-state index in [1.165, 1.54) is 0 Å². The van der Waals surface area contributed by atoms with Crippen molar-refractivity contribution in [2.24, 2.45) is 4.76 Å². The van der Waals surface area contributed by atoms with E-state index in [1.54, 1.807) is 32.8 Å². The number of hydrogen-bond donors (Lipinski definition) is 1. The van der Waals surface area contributed by atoms with Crippen LogP contribution in [-0.2, 0) is 13.6 Å². The monoisotopic (exact) mass is 240 g/mol. The zero-order chi connectivity index (χ0) is 11.2. The summed E-state index contributed by atoms with van der Waals surface area (Å²) in [6, 6.07) is 0. The molecule has 0 heterocycles. The number of rotatable bonds is 5. The molecule has 0 radical (unpaired) electrons. The van der Waals surface area contributed by atoms with Gasteiger partial charge in [0.2, 0.25) is 0 Å². The van der Waals surface area contributed by atoms with Gasteiger partial charge in [0.1, 0.15) is 0 Å². The fourth-order valence-electron chi connectivity index (χ4n) is 0.620. The summed E-state index contributed by atoms with van der Waals surface area (Å²) in [6.45, 7) is 4.04. The van der Waals surface area contributed by atoms with E-state index in [1.807, 2.05) is 0 Å². The second kappa shape index (κ2) is 6.45. The van der Waals surface area contributed by atoms with Crippen molar-refractivity contribution in [2.75, 3.05) is 27.3 Å². The van der Waals surface area contributed by atoms with Crippen LogP contribution in [0, 0.1) is 0 Å². The van der Waals surface area contributed by atoms with Crippen LogP contribution >= 0.6 is 20.4 Å². The Morgan fingerprint density at radius 3 is 2.07 bits per heavy atom. The van der Waals surface area contributed by atoms with Crippen LogP contribution < -0.4 is 0 Å². The molecule has 0 rings (SSSR count). The van der Waals surface area contributed by atoms with Gasteiger partial charge in [-0.2, -0.15) is 4.76 Å². The fraction of sp³-hybridized carbons (Fsp3) is 0.857. The van der Waals surface area contributed by atoms with Crippen LogP contribution in [0.3, 0.4) is 0 Å². The van der Waals surface area contributed by atoms with E-state index in [9.17, 15) is 4.57 Å². The standard InChI is InChI=1S/C7H17N2O3PS/c1-5-11-13(10,12-6-2)8-7(14)9(3)4/h5-6H2,1-4H3,(H,8,10,14). The lowest BCUT2D eigenvalue weighted by atomic mass is 10.9. The summed E-state index contributed by atoms with van der Waals surface area (Å²) in [5, 5.41) is 0.315. The Morgan fingerprint density at radius 2 is 1.79 bits per heavy atom. The first-order valence-corrected chi connectivity index (χ1v) is 6.25. The van der Waals surface area contributed by atoms with E-state index >= 15 is 0 Å². The summed E-state index contributed by atoms with van der Waals surface area (Å²) in [5.41, 5.74) is 0. The van der Waals surface area contributed by atoms with Crippen molar-refractivity contribution in [3.05, 3.63) is 0 Å². The number of thiol groups is 1. The lowest BCUT2D eigenvalue weighted by Crippen LogP contribution is -2.16. The molecule has 0 aliphatic rings. The molecule has 0 saturated heterocycles. The van der Waals surface area contributed by atoms with Gasteiger partial charge in [0.15, 0.2) is 5.17 Å². The Bertz CT molecular complexity index is 235. The molecule has 7 heteroatoms. The lowest BCUT2D eigenvalue weighted by Gasteiger charge is -2.15. The zero-order valence-electron chi connectivity index (χ0n) is 8.93. The summed E-state index contributed by atoms with van der Waals surface area (Å²) >= 11 is 4.05. The molecule has 0 atom stereocenters. The van der Waals surface area contributed by atoms with Gasteiger partial charge in [-0.05, 0) is 13.8 Å². The SMILES string of the molecule is CCOP(=O)(N=C(S)N(C)C)OCC. The van der Waals surface area contributed by atoms with Crippen LogP contribution in [0.1, 0.15) is 13.8 Å². The molecule has 14 heavy (non-hydrogen) atoms. The van der Waals surface area contributed by atoms with Gasteiger partial charge >= 0.3 is 7.75 Å². The molecule has 0 saturated carbocycles. The average Bonchev–Trinajstić information content (AvgIpc) is 2.04. The van der Waals surface area contributed by atoms with E-state index in [0.29, 0.717) is 5.17 Å². The minimum Gasteiger partial charge on any atom is -0.357 e. The Morgan fingerprint density at radius 1 is 1.36 bits per heavy atom. The first kappa shape index (κ1) is 14.0. The van der Waals surface area contributed by atoms with Gasteiger partial charge < -0.3 is 4.90 Å². The van der Waals surface area contributed by atoms with Crippen LogP contribution in [0.25, 0.3) is 0 Å². The molecule has 0 aromatic rings. The zero-order valence-corrected chi connectivity index (χ0v) is 10.7. The summed E-state index contributed by atoms with van der Waals surface area (Å²) in [6.07, 6.45) is 0. The minimum absolute atomic E-state index is 0.287. The van der Waals surface area contributed by atoms with Crippen LogP contribution in [-0.4, -0.2) is 37.4 Å². The van der Waals surface area contributed by atoms with Gasteiger partial charge in [0, 0.05) is 14.1 Å². The lowest BCUT2D eigenvalue weighted by molar-refractivity contribution is 0.221. The molecular weight excluding hydrogens is 223 g/mol. The highest BCUT2D eigenvalue weighted by Crippen LogP contribution is 2.50. The summed E-state index contributed by atoms with van der Waals surface area (Å²) in [7, 11) is 0.129. The second-order valence-electron chi connectivity index (χ2n) is 2.60. The molecule has 0 fully saturated rings. The first-order chi connectivity index (χ1) is 6.45. The number of hydrogen-bond acceptors (Lipinski definition) is 3. The van der Waals surface area contributed by atoms with E-state index < -0.39 is 7.75 Å². The maximum atomic E-state index is 11.8. The van der Waals surface area contributed by atoms with Crippen molar-refractivity contribution in [1.82, 2.24) is 4.90 Å². The van der Waals surface area contributed by atoms with Gasteiger partial charge in [0.05, 0.1) is 13.2 Å². The smallest absolute Gasteiger partial charge is 0.357 e. The minimum atomic E-state index is -3.36. The molecule has 0 aliphatic carbocycles. The summed E-state index contributed by atoms with van der Waals surface area (Å²) in [5.74, 6) is 0. The van der Waals surface area contributed by atoms with Gasteiger partial charge in [-0.15, -0.1) is 12.6 Å². The molecule has 0 amide bonds. The van der Waals surface area contributed by atoms with Crippen molar-refractivity contribution < 1.29 is 13.6 Å². The van der Waals surface area contributed by atoms with E-state index in [4.69, 9.17) is 9.05 Å². The van der Waals surface area contributed by atoms with Crippen molar-refractivity contribution in [1.29, 1.82) is 0 Å². The molecule has 5 nitrogen and oxygen atoms in total. The molecule has 0 unspecified atom stereocenters. The first-order valence-electron chi connectivity index (χ1n) is 4.30. The third-order valence-electron chi connectivity index (χ3n) is 1.20. The van der Waals surface area contributed by atoms with E-state index in [2.05, 4.69) is 17.4 Å². The number of amidine groups is 1. The van der Waals surface area contributed by atoms with Crippen LogP contribution in [0.2, 0.25) is 0 Å². The van der Waals surface area contributed by atoms with Crippen LogP contribution in [0.4, 0.5) is 0 Å². The molecule has 84 valence electrons. The third-order valence-corrected chi connectivity index (χ3v) is 3.46. The number of nitrogens with zero attached hydrogens (tertiary/aromatic N) is 2. The molecule has 0 aliphatic heterocycles. The van der Waals surface area contributed by atoms with Crippen molar-refractivity contribution in [3.63, 3.8) is 0 Å². The normalized spacial score (nSPS) is 13.1.